The van der Waals surface area contributed by atoms with E-state index in [-0.39, 0.29) is 6.04 Å². The van der Waals surface area contributed by atoms with Crippen molar-refractivity contribution in [1.82, 2.24) is 0 Å². The number of hydrogen-bond donors (Lipinski definition) is 1. The highest BCUT2D eigenvalue weighted by molar-refractivity contribution is 5.32. The van der Waals surface area contributed by atoms with Crippen molar-refractivity contribution in [2.75, 3.05) is 13.2 Å². The van der Waals surface area contributed by atoms with Crippen molar-refractivity contribution < 1.29 is 9.47 Å². The lowest BCUT2D eigenvalue weighted by Crippen LogP contribution is -2.23. The Bertz CT molecular complexity index is 274. The third-order valence-electron chi connectivity index (χ3n) is 1.63. The molecule has 0 saturated heterocycles. The molecule has 2 N–H and O–H groups in total. The second kappa shape index (κ2) is 5.50. The first-order valence-electron chi connectivity index (χ1n) is 4.83. The predicted molar refractivity (Wildman–Crippen MR) is 56.8 cm³/mol. The summed E-state index contributed by atoms with van der Waals surface area (Å²) in [4.78, 5) is 0. The first kappa shape index (κ1) is 10.9. The summed E-state index contributed by atoms with van der Waals surface area (Å²) in [6.07, 6.45) is 0. The normalized spacial score (nSPS) is 12.2. The Kier molecular flexibility index (Phi) is 4.26. The Morgan fingerprint density at radius 3 is 2.50 bits per heavy atom. The molecule has 0 spiro atoms. The molecular weight excluding hydrogens is 178 g/mol. The summed E-state index contributed by atoms with van der Waals surface area (Å²) in [5.74, 6) is 1.63. The van der Waals surface area contributed by atoms with Gasteiger partial charge in [0.25, 0.3) is 0 Å². The van der Waals surface area contributed by atoms with E-state index in [1.165, 1.54) is 0 Å². The van der Waals surface area contributed by atoms with Crippen LogP contribution in [-0.4, -0.2) is 19.3 Å². The van der Waals surface area contributed by atoms with Crippen LogP contribution in [0.5, 0.6) is 11.5 Å². The fourth-order valence-electron chi connectivity index (χ4n) is 1.05. The van der Waals surface area contributed by atoms with Crippen LogP contribution in [0.25, 0.3) is 0 Å². The molecule has 1 aromatic carbocycles. The van der Waals surface area contributed by atoms with Crippen LogP contribution < -0.4 is 15.2 Å². The zero-order valence-corrected chi connectivity index (χ0v) is 8.69. The maximum Gasteiger partial charge on any atom is 0.123 e. The van der Waals surface area contributed by atoms with E-state index < -0.39 is 0 Å². The molecule has 1 atom stereocenters. The van der Waals surface area contributed by atoms with Crippen LogP contribution in [0.15, 0.2) is 24.3 Å². The first-order valence-corrected chi connectivity index (χ1v) is 4.83. The molecule has 14 heavy (non-hydrogen) atoms. The quantitative estimate of drug-likeness (QED) is 0.779. The molecule has 0 radical (unpaired) electrons. The first-order chi connectivity index (χ1) is 6.72. The molecule has 0 aliphatic carbocycles. The van der Waals surface area contributed by atoms with Crippen molar-refractivity contribution in [3.05, 3.63) is 24.3 Å². The standard InChI is InChI=1S/C11H17NO2/c1-3-13-10-5-4-6-11(7-10)14-8-9(2)12/h4-7,9H,3,8,12H2,1-2H3/t9-/m1/s1. The van der Waals surface area contributed by atoms with Gasteiger partial charge in [-0.25, -0.2) is 0 Å². The summed E-state index contributed by atoms with van der Waals surface area (Å²) in [6, 6.07) is 7.62. The van der Waals surface area contributed by atoms with Crippen LogP contribution in [0, 0.1) is 0 Å². The van der Waals surface area contributed by atoms with Crippen LogP contribution in [0.3, 0.4) is 0 Å². The Morgan fingerprint density at radius 1 is 1.29 bits per heavy atom. The second-order valence-electron chi connectivity index (χ2n) is 3.20. The van der Waals surface area contributed by atoms with Crippen LogP contribution in [0.1, 0.15) is 13.8 Å². The molecule has 0 heterocycles. The van der Waals surface area contributed by atoms with E-state index in [1.54, 1.807) is 0 Å². The van der Waals surface area contributed by atoms with Crippen LogP contribution in [0.2, 0.25) is 0 Å². The van der Waals surface area contributed by atoms with E-state index in [4.69, 9.17) is 15.2 Å². The Hall–Kier alpha value is -1.22. The van der Waals surface area contributed by atoms with Crippen molar-refractivity contribution in [3.63, 3.8) is 0 Å². The van der Waals surface area contributed by atoms with E-state index in [0.29, 0.717) is 13.2 Å². The van der Waals surface area contributed by atoms with E-state index in [1.807, 2.05) is 38.1 Å². The largest absolute Gasteiger partial charge is 0.494 e. The van der Waals surface area contributed by atoms with E-state index in [0.717, 1.165) is 11.5 Å². The lowest BCUT2D eigenvalue weighted by molar-refractivity contribution is 0.291. The molecule has 0 aliphatic heterocycles. The Balaban J connectivity index is 2.54. The molecule has 1 aromatic rings. The van der Waals surface area contributed by atoms with Crippen LogP contribution in [0.4, 0.5) is 0 Å². The molecule has 3 heteroatoms. The minimum absolute atomic E-state index is 0.0470. The topological polar surface area (TPSA) is 44.5 Å². The smallest absolute Gasteiger partial charge is 0.123 e. The third-order valence-corrected chi connectivity index (χ3v) is 1.63. The van der Waals surface area contributed by atoms with Gasteiger partial charge in [-0.15, -0.1) is 0 Å². The van der Waals surface area contributed by atoms with Crippen molar-refractivity contribution in [2.24, 2.45) is 5.73 Å². The number of rotatable bonds is 5. The summed E-state index contributed by atoms with van der Waals surface area (Å²) < 4.78 is 10.8. The molecular formula is C11H17NO2. The molecule has 0 saturated carbocycles. The van der Waals surface area contributed by atoms with Crippen molar-refractivity contribution >= 4 is 0 Å². The Morgan fingerprint density at radius 2 is 1.93 bits per heavy atom. The van der Waals surface area contributed by atoms with Gasteiger partial charge in [0.05, 0.1) is 6.61 Å². The highest BCUT2D eigenvalue weighted by Crippen LogP contribution is 2.19. The van der Waals surface area contributed by atoms with Gasteiger partial charge in [-0.05, 0) is 26.0 Å². The van der Waals surface area contributed by atoms with Gasteiger partial charge < -0.3 is 15.2 Å². The zero-order valence-electron chi connectivity index (χ0n) is 8.69. The second-order valence-corrected chi connectivity index (χ2v) is 3.20. The average molecular weight is 195 g/mol. The molecule has 78 valence electrons. The molecule has 0 fully saturated rings. The van der Waals surface area contributed by atoms with Gasteiger partial charge in [0, 0.05) is 12.1 Å². The predicted octanol–water partition coefficient (Wildman–Crippen LogP) is 1.81. The highest BCUT2D eigenvalue weighted by atomic mass is 16.5. The summed E-state index contributed by atoms with van der Waals surface area (Å²) >= 11 is 0. The molecule has 0 amide bonds. The minimum atomic E-state index is 0.0470. The summed E-state index contributed by atoms with van der Waals surface area (Å²) in [7, 11) is 0. The van der Waals surface area contributed by atoms with Gasteiger partial charge in [0.2, 0.25) is 0 Å². The highest BCUT2D eigenvalue weighted by Gasteiger charge is 1.98. The molecule has 3 nitrogen and oxygen atoms in total. The van der Waals surface area contributed by atoms with Crippen LogP contribution >= 0.6 is 0 Å². The van der Waals surface area contributed by atoms with Crippen LogP contribution in [-0.2, 0) is 0 Å². The molecule has 0 unspecified atom stereocenters. The average Bonchev–Trinajstić information content (AvgIpc) is 2.16. The maximum atomic E-state index is 5.58. The third kappa shape index (κ3) is 3.66. The lowest BCUT2D eigenvalue weighted by atomic mass is 10.3. The SMILES string of the molecule is CCOc1cccc(OC[C@@H](C)N)c1. The molecule has 0 aliphatic rings. The summed E-state index contributed by atoms with van der Waals surface area (Å²) in [5, 5.41) is 0. The van der Waals surface area contributed by atoms with E-state index >= 15 is 0 Å². The fraction of sp³-hybridized carbons (Fsp3) is 0.455. The Labute approximate surface area is 84.8 Å². The van der Waals surface area contributed by atoms with Gasteiger partial charge in [-0.2, -0.15) is 0 Å². The van der Waals surface area contributed by atoms with Gasteiger partial charge in [-0.1, -0.05) is 6.07 Å². The van der Waals surface area contributed by atoms with Gasteiger partial charge in [0.15, 0.2) is 0 Å². The minimum Gasteiger partial charge on any atom is -0.494 e. The zero-order chi connectivity index (χ0) is 10.4. The number of hydrogen-bond acceptors (Lipinski definition) is 3. The molecule has 0 bridgehead atoms. The lowest BCUT2D eigenvalue weighted by Gasteiger charge is -2.10. The summed E-state index contributed by atoms with van der Waals surface area (Å²) in [6.45, 7) is 5.05. The van der Waals surface area contributed by atoms with E-state index in [2.05, 4.69) is 0 Å². The van der Waals surface area contributed by atoms with E-state index in [9.17, 15) is 0 Å². The van der Waals surface area contributed by atoms with Crippen molar-refractivity contribution in [3.8, 4) is 11.5 Å². The summed E-state index contributed by atoms with van der Waals surface area (Å²) in [5.41, 5.74) is 5.58. The number of ether oxygens (including phenoxy) is 2. The van der Waals surface area contributed by atoms with Gasteiger partial charge in [-0.3, -0.25) is 0 Å². The number of nitrogens with two attached hydrogens (primary N) is 1. The molecule has 0 aromatic heterocycles. The fourth-order valence-corrected chi connectivity index (χ4v) is 1.05. The maximum absolute atomic E-state index is 5.58. The van der Waals surface area contributed by atoms with Crippen molar-refractivity contribution in [2.45, 2.75) is 19.9 Å². The van der Waals surface area contributed by atoms with Gasteiger partial charge >= 0.3 is 0 Å². The van der Waals surface area contributed by atoms with Gasteiger partial charge in [0.1, 0.15) is 18.1 Å². The number of benzene rings is 1. The van der Waals surface area contributed by atoms with Crippen molar-refractivity contribution in [1.29, 1.82) is 0 Å². The monoisotopic (exact) mass is 195 g/mol. The molecule has 1 rings (SSSR count).